The average molecular weight is 532 g/mol. The molecule has 0 saturated carbocycles. The van der Waals surface area contributed by atoms with Crippen LogP contribution in [0.5, 0.6) is 5.75 Å². The Morgan fingerprint density at radius 2 is 1.78 bits per heavy atom. The van der Waals surface area contributed by atoms with Crippen molar-refractivity contribution in [2.75, 3.05) is 30.8 Å². The van der Waals surface area contributed by atoms with Gasteiger partial charge in [0.25, 0.3) is 0 Å². The zero-order valence-electron chi connectivity index (χ0n) is 22.9. The van der Waals surface area contributed by atoms with E-state index in [2.05, 4.69) is 5.32 Å². The molecule has 0 aliphatic rings. The lowest BCUT2D eigenvalue weighted by Gasteiger charge is -2.31. The number of aryl methyl sites for hydroxylation is 1. The van der Waals surface area contributed by atoms with Crippen LogP contribution in [0.15, 0.2) is 48.5 Å². The van der Waals surface area contributed by atoms with Crippen molar-refractivity contribution in [3.8, 4) is 5.75 Å². The van der Waals surface area contributed by atoms with Crippen LogP contribution < -0.4 is 14.4 Å². The van der Waals surface area contributed by atoms with Crippen LogP contribution in [0.3, 0.4) is 0 Å². The van der Waals surface area contributed by atoms with Crippen LogP contribution in [0.4, 0.5) is 5.69 Å². The van der Waals surface area contributed by atoms with Gasteiger partial charge in [-0.3, -0.25) is 13.9 Å². The lowest BCUT2D eigenvalue weighted by atomic mass is 10.0. The second-order valence-corrected chi connectivity index (χ2v) is 11.6. The molecule has 0 heterocycles. The zero-order valence-corrected chi connectivity index (χ0v) is 23.7. The Labute approximate surface area is 222 Å². The van der Waals surface area contributed by atoms with Crippen LogP contribution in [0.2, 0.25) is 0 Å². The molecule has 0 bridgehead atoms. The quantitative estimate of drug-likeness (QED) is 0.396. The minimum atomic E-state index is -3.58. The third-order valence-electron chi connectivity index (χ3n) is 6.17. The predicted molar refractivity (Wildman–Crippen MR) is 148 cm³/mol. The van der Waals surface area contributed by atoms with Crippen LogP contribution in [0.1, 0.15) is 51.2 Å². The maximum atomic E-state index is 13.5. The van der Waals surface area contributed by atoms with E-state index in [4.69, 9.17) is 4.74 Å². The lowest BCUT2D eigenvalue weighted by molar-refractivity contribution is -0.141. The van der Waals surface area contributed by atoms with Crippen LogP contribution in [0.25, 0.3) is 0 Å². The van der Waals surface area contributed by atoms with Gasteiger partial charge in [0, 0.05) is 32.1 Å². The normalized spacial score (nSPS) is 12.2. The molecule has 0 spiro atoms. The number of rotatable bonds is 14. The van der Waals surface area contributed by atoms with Gasteiger partial charge in [-0.25, -0.2) is 8.42 Å². The van der Waals surface area contributed by atoms with Gasteiger partial charge in [0.1, 0.15) is 11.8 Å². The Balaban J connectivity index is 2.23. The molecule has 37 heavy (non-hydrogen) atoms. The van der Waals surface area contributed by atoms with Crippen LogP contribution in [-0.2, 0) is 26.2 Å². The maximum Gasteiger partial charge on any atom is 0.242 e. The van der Waals surface area contributed by atoms with Crippen LogP contribution in [-0.4, -0.2) is 57.6 Å². The first-order valence-corrected chi connectivity index (χ1v) is 14.6. The van der Waals surface area contributed by atoms with Gasteiger partial charge in [-0.15, -0.1) is 0 Å². The molecule has 1 unspecified atom stereocenters. The molecule has 2 rings (SSSR count). The third-order valence-corrected chi connectivity index (χ3v) is 7.36. The van der Waals surface area contributed by atoms with Crippen molar-refractivity contribution < 1.29 is 22.7 Å². The number of sulfonamides is 1. The molecule has 1 N–H and O–H groups in total. The number of nitrogens with zero attached hydrogens (tertiary/aromatic N) is 2. The molecule has 0 aromatic heterocycles. The number of methoxy groups -OCH3 is 1. The highest BCUT2D eigenvalue weighted by atomic mass is 32.2. The van der Waals surface area contributed by atoms with Gasteiger partial charge in [0.2, 0.25) is 21.8 Å². The molecule has 9 heteroatoms. The van der Waals surface area contributed by atoms with E-state index < -0.39 is 16.1 Å². The predicted octanol–water partition coefficient (Wildman–Crippen LogP) is 4.13. The van der Waals surface area contributed by atoms with E-state index in [9.17, 15) is 18.0 Å². The monoisotopic (exact) mass is 531 g/mol. The summed E-state index contributed by atoms with van der Waals surface area (Å²) in [5.41, 5.74) is 2.49. The highest BCUT2D eigenvalue weighted by molar-refractivity contribution is 7.92. The van der Waals surface area contributed by atoms with Gasteiger partial charge in [0.15, 0.2) is 0 Å². The Morgan fingerprint density at radius 3 is 2.38 bits per heavy atom. The molecule has 0 aliphatic heterocycles. The summed E-state index contributed by atoms with van der Waals surface area (Å²) >= 11 is 0. The number of ether oxygens (including phenoxy) is 1. The van der Waals surface area contributed by atoms with E-state index >= 15 is 0 Å². The van der Waals surface area contributed by atoms with E-state index in [0.717, 1.165) is 17.4 Å². The highest BCUT2D eigenvalue weighted by Gasteiger charge is 2.29. The fraction of sp³-hybridized carbons (Fsp3) is 0.500. The van der Waals surface area contributed by atoms with Crippen LogP contribution in [0, 0.1) is 12.8 Å². The molecule has 2 aromatic rings. The first-order chi connectivity index (χ1) is 17.5. The molecule has 1 atom stereocenters. The third kappa shape index (κ3) is 9.07. The molecule has 204 valence electrons. The van der Waals surface area contributed by atoms with Crippen molar-refractivity contribution in [3.63, 3.8) is 0 Å². The second kappa shape index (κ2) is 14.0. The zero-order chi connectivity index (χ0) is 27.6. The number of hydrogen-bond donors (Lipinski definition) is 1. The van der Waals surface area contributed by atoms with Gasteiger partial charge >= 0.3 is 0 Å². The molecule has 2 aromatic carbocycles. The molecular weight excluding hydrogens is 490 g/mol. The van der Waals surface area contributed by atoms with Crippen molar-refractivity contribution in [3.05, 3.63) is 59.7 Å². The highest BCUT2D eigenvalue weighted by Crippen LogP contribution is 2.24. The molecule has 2 amide bonds. The largest absolute Gasteiger partial charge is 0.497 e. The number of benzene rings is 2. The molecule has 0 saturated heterocycles. The fourth-order valence-corrected chi connectivity index (χ4v) is 5.04. The number of nitrogens with one attached hydrogen (secondary N) is 1. The van der Waals surface area contributed by atoms with E-state index in [1.54, 1.807) is 29.2 Å². The van der Waals surface area contributed by atoms with Crippen molar-refractivity contribution in [1.82, 2.24) is 10.2 Å². The molecule has 8 nitrogen and oxygen atoms in total. The summed E-state index contributed by atoms with van der Waals surface area (Å²) in [7, 11) is -2.06. The van der Waals surface area contributed by atoms with Gasteiger partial charge in [-0.05, 0) is 48.9 Å². The smallest absolute Gasteiger partial charge is 0.242 e. The number of anilines is 1. The van der Waals surface area contributed by atoms with E-state index in [1.165, 1.54) is 11.4 Å². The lowest BCUT2D eigenvalue weighted by Crippen LogP contribution is -2.49. The Hall–Kier alpha value is -3.07. The topological polar surface area (TPSA) is 96.0 Å². The fourth-order valence-electron chi connectivity index (χ4n) is 4.08. The maximum absolute atomic E-state index is 13.5. The number of amides is 2. The summed E-state index contributed by atoms with van der Waals surface area (Å²) in [5, 5.41) is 2.96. The number of hydrogen-bond acceptors (Lipinski definition) is 5. The molecule has 0 fully saturated rings. The summed E-state index contributed by atoms with van der Waals surface area (Å²) in [6.07, 6.45) is 2.03. The van der Waals surface area contributed by atoms with Crippen molar-refractivity contribution in [2.45, 2.75) is 59.5 Å². The summed E-state index contributed by atoms with van der Waals surface area (Å²) in [4.78, 5) is 28.2. The average Bonchev–Trinajstić information content (AvgIpc) is 2.85. The second-order valence-electron chi connectivity index (χ2n) is 9.65. The Morgan fingerprint density at radius 1 is 1.08 bits per heavy atom. The minimum absolute atomic E-state index is 0.107. The van der Waals surface area contributed by atoms with E-state index in [1.807, 2.05) is 52.0 Å². The van der Waals surface area contributed by atoms with Gasteiger partial charge in [-0.1, -0.05) is 51.1 Å². The standard InChI is InChI=1S/C28H41N3O5S/c1-7-26(28(33)29-19-21(2)3)30(20-23-13-9-8-12-22(23)4)27(32)16-11-17-31(37(6,34)35)24-14-10-15-25(18-24)36-5/h8-10,12-15,18,21,26H,7,11,16-17,19-20H2,1-6H3,(H,29,33). The van der Waals surface area contributed by atoms with Crippen LogP contribution >= 0.6 is 0 Å². The summed E-state index contributed by atoms with van der Waals surface area (Å²) in [5.74, 6) is 0.478. The van der Waals surface area contributed by atoms with Gasteiger partial charge in [-0.2, -0.15) is 0 Å². The minimum Gasteiger partial charge on any atom is -0.497 e. The summed E-state index contributed by atoms with van der Waals surface area (Å²) in [6.45, 7) is 8.89. The van der Waals surface area contributed by atoms with E-state index in [0.29, 0.717) is 43.3 Å². The summed E-state index contributed by atoms with van der Waals surface area (Å²) in [6, 6.07) is 14.0. The Bertz CT molecular complexity index is 1150. The number of carbonyl (C=O) groups is 2. The van der Waals surface area contributed by atoms with Crippen molar-refractivity contribution in [1.29, 1.82) is 0 Å². The van der Waals surface area contributed by atoms with E-state index in [-0.39, 0.29) is 24.8 Å². The van der Waals surface area contributed by atoms with Crippen molar-refractivity contribution in [2.24, 2.45) is 5.92 Å². The van der Waals surface area contributed by atoms with Crippen molar-refractivity contribution >= 4 is 27.5 Å². The first kappa shape index (κ1) is 30.2. The SMILES string of the molecule is CCC(C(=O)NCC(C)C)N(Cc1ccccc1C)C(=O)CCCN(c1cccc(OC)c1)S(C)(=O)=O. The van der Waals surface area contributed by atoms with Gasteiger partial charge in [0.05, 0.1) is 19.1 Å². The molecule has 0 radical (unpaired) electrons. The number of carbonyl (C=O) groups excluding carboxylic acids is 2. The molecule has 0 aliphatic carbocycles. The first-order valence-electron chi connectivity index (χ1n) is 12.7. The molecular formula is C28H41N3O5S. The van der Waals surface area contributed by atoms with Gasteiger partial charge < -0.3 is 15.0 Å². The summed E-state index contributed by atoms with van der Waals surface area (Å²) < 4.78 is 31.6. The Kier molecular flexibility index (Phi) is 11.4.